The largest absolute Gasteiger partial charge is 0.467 e. The number of morpholine rings is 1. The first kappa shape index (κ1) is 18.0. The predicted molar refractivity (Wildman–Crippen MR) is 105 cm³/mol. The number of hydrogen-bond acceptors (Lipinski definition) is 6. The molecule has 0 atom stereocenters. The molecule has 1 saturated heterocycles. The van der Waals surface area contributed by atoms with Crippen LogP contribution in [-0.4, -0.2) is 52.3 Å². The molecule has 0 saturated carbocycles. The van der Waals surface area contributed by atoms with Gasteiger partial charge in [0.1, 0.15) is 23.6 Å². The van der Waals surface area contributed by atoms with E-state index in [1.807, 2.05) is 12.1 Å². The molecule has 0 radical (unpaired) electrons. The molecule has 4 heterocycles. The number of hydrogen-bond donors (Lipinski definition) is 1. The summed E-state index contributed by atoms with van der Waals surface area (Å²) in [4.78, 5) is 11.5. The Morgan fingerprint density at radius 3 is 2.78 bits per heavy atom. The fourth-order valence-electron chi connectivity index (χ4n) is 3.74. The van der Waals surface area contributed by atoms with Crippen LogP contribution >= 0.6 is 0 Å². The first-order chi connectivity index (χ1) is 13.2. The molecule has 1 aliphatic heterocycles. The van der Waals surface area contributed by atoms with Gasteiger partial charge in [0, 0.05) is 31.9 Å². The molecule has 1 fully saturated rings. The first-order valence-electron chi connectivity index (χ1n) is 9.61. The molecule has 27 heavy (non-hydrogen) atoms. The van der Waals surface area contributed by atoms with Gasteiger partial charge in [0.2, 0.25) is 0 Å². The second-order valence-corrected chi connectivity index (χ2v) is 7.02. The zero-order valence-corrected chi connectivity index (χ0v) is 16.1. The van der Waals surface area contributed by atoms with Gasteiger partial charge in [0.25, 0.3) is 0 Å². The predicted octanol–water partition coefficient (Wildman–Crippen LogP) is 2.98. The number of ether oxygens (including phenoxy) is 1. The van der Waals surface area contributed by atoms with Gasteiger partial charge < -0.3 is 19.0 Å². The molecule has 144 valence electrons. The van der Waals surface area contributed by atoms with Crippen LogP contribution in [0.1, 0.15) is 23.4 Å². The van der Waals surface area contributed by atoms with E-state index < -0.39 is 0 Å². The van der Waals surface area contributed by atoms with Gasteiger partial charge >= 0.3 is 0 Å². The third-order valence-electron chi connectivity index (χ3n) is 5.38. The van der Waals surface area contributed by atoms with Gasteiger partial charge in [0.05, 0.1) is 31.4 Å². The summed E-state index contributed by atoms with van der Waals surface area (Å²) in [7, 11) is 0. The maximum absolute atomic E-state index is 5.43. The van der Waals surface area contributed by atoms with Crippen molar-refractivity contribution in [1.82, 2.24) is 19.4 Å². The molecular formula is C20H27N5O2. The van der Waals surface area contributed by atoms with Gasteiger partial charge in [-0.15, -0.1) is 0 Å². The average molecular weight is 369 g/mol. The Morgan fingerprint density at radius 2 is 2.00 bits per heavy atom. The summed E-state index contributed by atoms with van der Waals surface area (Å²) in [5.41, 5.74) is 3.50. The standard InChI is InChI=1S/C20H27N5O2/c1-15-16(2)25(7-4-6-24-8-11-26-12-9-24)20-18(15)19(22-14-23-20)21-13-17-5-3-10-27-17/h3,5,10,14H,4,6-9,11-13H2,1-2H3,(H,21,22,23). The molecule has 0 spiro atoms. The van der Waals surface area contributed by atoms with Gasteiger partial charge in [-0.05, 0) is 38.0 Å². The summed E-state index contributed by atoms with van der Waals surface area (Å²) < 4.78 is 13.2. The number of anilines is 1. The van der Waals surface area contributed by atoms with E-state index in [1.165, 1.54) is 11.3 Å². The second-order valence-electron chi connectivity index (χ2n) is 7.02. The normalized spacial score (nSPS) is 15.5. The van der Waals surface area contributed by atoms with Crippen LogP contribution < -0.4 is 5.32 Å². The average Bonchev–Trinajstić information content (AvgIpc) is 3.30. The van der Waals surface area contributed by atoms with Gasteiger partial charge in [-0.25, -0.2) is 9.97 Å². The SMILES string of the molecule is Cc1c(C)n(CCCN2CCOCC2)c2ncnc(NCc3ccco3)c12. The van der Waals surface area contributed by atoms with Crippen LogP contribution in [0.25, 0.3) is 11.0 Å². The van der Waals surface area contributed by atoms with E-state index in [1.54, 1.807) is 12.6 Å². The fourth-order valence-corrected chi connectivity index (χ4v) is 3.74. The lowest BCUT2D eigenvalue weighted by atomic mass is 10.2. The molecule has 0 bridgehead atoms. The van der Waals surface area contributed by atoms with Crippen molar-refractivity contribution in [2.24, 2.45) is 0 Å². The van der Waals surface area contributed by atoms with Crippen molar-refractivity contribution >= 4 is 16.9 Å². The molecule has 0 aromatic carbocycles. The quantitative estimate of drug-likeness (QED) is 0.691. The summed E-state index contributed by atoms with van der Waals surface area (Å²) in [6.07, 6.45) is 4.43. The van der Waals surface area contributed by atoms with Crippen molar-refractivity contribution in [2.45, 2.75) is 33.4 Å². The minimum Gasteiger partial charge on any atom is -0.467 e. The smallest absolute Gasteiger partial charge is 0.145 e. The molecule has 0 aliphatic carbocycles. The van der Waals surface area contributed by atoms with Crippen LogP contribution in [0.15, 0.2) is 29.1 Å². The van der Waals surface area contributed by atoms with Crippen LogP contribution in [0, 0.1) is 13.8 Å². The van der Waals surface area contributed by atoms with Crippen molar-refractivity contribution in [3.8, 4) is 0 Å². The maximum Gasteiger partial charge on any atom is 0.145 e. The highest BCUT2D eigenvalue weighted by molar-refractivity contribution is 5.91. The number of fused-ring (bicyclic) bond motifs is 1. The molecule has 0 unspecified atom stereocenters. The summed E-state index contributed by atoms with van der Waals surface area (Å²) >= 11 is 0. The van der Waals surface area contributed by atoms with Crippen molar-refractivity contribution < 1.29 is 9.15 Å². The van der Waals surface area contributed by atoms with Crippen LogP contribution in [0.4, 0.5) is 5.82 Å². The van der Waals surface area contributed by atoms with E-state index in [0.717, 1.165) is 68.4 Å². The zero-order chi connectivity index (χ0) is 18.6. The van der Waals surface area contributed by atoms with E-state index in [0.29, 0.717) is 6.54 Å². The van der Waals surface area contributed by atoms with E-state index in [-0.39, 0.29) is 0 Å². The Balaban J connectivity index is 1.50. The third kappa shape index (κ3) is 3.84. The Bertz CT molecular complexity index is 882. The van der Waals surface area contributed by atoms with Crippen molar-refractivity contribution in [2.75, 3.05) is 38.2 Å². The molecule has 1 aliphatic rings. The van der Waals surface area contributed by atoms with E-state index >= 15 is 0 Å². The topological polar surface area (TPSA) is 68.3 Å². The number of nitrogens with zero attached hydrogens (tertiary/aromatic N) is 4. The monoisotopic (exact) mass is 369 g/mol. The summed E-state index contributed by atoms with van der Waals surface area (Å²) in [5.74, 6) is 1.75. The summed E-state index contributed by atoms with van der Waals surface area (Å²) in [5, 5.41) is 4.50. The Hall–Kier alpha value is -2.38. The summed E-state index contributed by atoms with van der Waals surface area (Å²) in [6, 6.07) is 3.85. The highest BCUT2D eigenvalue weighted by Gasteiger charge is 2.17. The summed E-state index contributed by atoms with van der Waals surface area (Å²) in [6.45, 7) is 10.8. The Kier molecular flexibility index (Phi) is 5.40. The number of furan rings is 1. The number of aryl methyl sites for hydroxylation is 2. The number of aromatic nitrogens is 3. The van der Waals surface area contributed by atoms with Crippen LogP contribution in [-0.2, 0) is 17.8 Å². The molecule has 7 heteroatoms. The number of rotatable bonds is 7. The molecule has 4 rings (SSSR count). The number of nitrogens with one attached hydrogen (secondary N) is 1. The lowest BCUT2D eigenvalue weighted by Gasteiger charge is -2.26. The van der Waals surface area contributed by atoms with Crippen LogP contribution in [0.2, 0.25) is 0 Å². The van der Waals surface area contributed by atoms with Crippen LogP contribution in [0.5, 0.6) is 0 Å². The van der Waals surface area contributed by atoms with E-state index in [4.69, 9.17) is 9.15 Å². The maximum atomic E-state index is 5.43. The lowest BCUT2D eigenvalue weighted by molar-refractivity contribution is 0.0369. The zero-order valence-electron chi connectivity index (χ0n) is 16.1. The Morgan fingerprint density at radius 1 is 1.15 bits per heavy atom. The van der Waals surface area contributed by atoms with Crippen molar-refractivity contribution in [1.29, 1.82) is 0 Å². The van der Waals surface area contributed by atoms with Gasteiger partial charge in [0.15, 0.2) is 0 Å². The van der Waals surface area contributed by atoms with E-state index in [9.17, 15) is 0 Å². The molecule has 3 aromatic heterocycles. The first-order valence-corrected chi connectivity index (χ1v) is 9.61. The minimum atomic E-state index is 0.611. The molecule has 7 nitrogen and oxygen atoms in total. The molecule has 0 amide bonds. The van der Waals surface area contributed by atoms with Crippen molar-refractivity contribution in [3.05, 3.63) is 41.7 Å². The second kappa shape index (κ2) is 8.10. The highest BCUT2D eigenvalue weighted by atomic mass is 16.5. The van der Waals surface area contributed by atoms with Gasteiger partial charge in [-0.2, -0.15) is 0 Å². The van der Waals surface area contributed by atoms with E-state index in [2.05, 4.69) is 38.6 Å². The molecular weight excluding hydrogens is 342 g/mol. The fraction of sp³-hybridized carbons (Fsp3) is 0.500. The van der Waals surface area contributed by atoms with Crippen molar-refractivity contribution in [3.63, 3.8) is 0 Å². The third-order valence-corrected chi connectivity index (χ3v) is 5.38. The highest BCUT2D eigenvalue weighted by Crippen LogP contribution is 2.29. The Labute approximate surface area is 159 Å². The molecule has 3 aromatic rings. The lowest BCUT2D eigenvalue weighted by Crippen LogP contribution is -2.37. The molecule has 1 N–H and O–H groups in total. The van der Waals surface area contributed by atoms with Gasteiger partial charge in [-0.3, -0.25) is 4.90 Å². The van der Waals surface area contributed by atoms with Gasteiger partial charge in [-0.1, -0.05) is 0 Å². The minimum absolute atomic E-state index is 0.611. The van der Waals surface area contributed by atoms with Crippen LogP contribution in [0.3, 0.4) is 0 Å².